The maximum absolute atomic E-state index is 9.15. The first kappa shape index (κ1) is 13.7. The van der Waals surface area contributed by atoms with E-state index in [0.717, 1.165) is 0 Å². The van der Waals surface area contributed by atoms with Crippen molar-refractivity contribution in [3.05, 3.63) is 20.4 Å². The minimum atomic E-state index is -0.465. The molecule has 1 heterocycles. The summed E-state index contributed by atoms with van der Waals surface area (Å²) in [5, 5.41) is 9.89. The molecule has 1 N–H and O–H groups in total. The highest BCUT2D eigenvalue weighted by Gasteiger charge is 2.16. The Labute approximate surface area is 112 Å². The van der Waals surface area contributed by atoms with Crippen LogP contribution in [0.15, 0.2) is 4.90 Å². The van der Waals surface area contributed by atoms with Crippen LogP contribution >= 0.6 is 58.2 Å². The van der Waals surface area contributed by atoms with Crippen molar-refractivity contribution in [3.8, 4) is 0 Å². The third kappa shape index (κ3) is 3.55. The molecule has 1 rings (SSSR count). The first-order valence-electron chi connectivity index (χ1n) is 3.94. The molecule has 0 aliphatic rings. The maximum atomic E-state index is 9.15. The lowest BCUT2D eigenvalue weighted by molar-refractivity contribution is 0.220. The first-order chi connectivity index (χ1) is 6.93. The second-order valence-corrected chi connectivity index (χ2v) is 5.31. The predicted molar refractivity (Wildman–Crippen MR) is 66.7 cm³/mol. The predicted octanol–water partition coefficient (Wildman–Crippen LogP) is 4.17. The van der Waals surface area contributed by atoms with E-state index in [9.17, 15) is 0 Å². The zero-order valence-corrected chi connectivity index (χ0v) is 11.4. The van der Waals surface area contributed by atoms with Crippen molar-refractivity contribution in [1.29, 1.82) is 0 Å². The zero-order valence-electron chi connectivity index (χ0n) is 7.60. The number of aliphatic hydroxyl groups is 1. The molecule has 0 radical (unpaired) electrons. The van der Waals surface area contributed by atoms with Crippen LogP contribution in [-0.4, -0.2) is 21.9 Å². The highest BCUT2D eigenvalue weighted by molar-refractivity contribution is 7.99. The van der Waals surface area contributed by atoms with Gasteiger partial charge in [0.2, 0.25) is 0 Å². The summed E-state index contributed by atoms with van der Waals surface area (Å²) in [7, 11) is 0. The van der Waals surface area contributed by atoms with Crippen LogP contribution < -0.4 is 0 Å². The number of aliphatic hydroxyl groups excluding tert-OH is 1. The Kier molecular flexibility index (Phi) is 5.29. The monoisotopic (exact) mass is 305 g/mol. The van der Waals surface area contributed by atoms with Crippen molar-refractivity contribution >= 4 is 58.2 Å². The fourth-order valence-corrected chi connectivity index (χ4v) is 2.82. The molecule has 0 aliphatic heterocycles. The van der Waals surface area contributed by atoms with Crippen LogP contribution in [0.25, 0.3) is 0 Å². The summed E-state index contributed by atoms with van der Waals surface area (Å²) in [6.45, 7) is 1.67. The molecule has 0 aliphatic carbocycles. The molecule has 0 saturated heterocycles. The summed E-state index contributed by atoms with van der Waals surface area (Å²) >= 11 is 24.6. The average Bonchev–Trinajstić information content (AvgIpc) is 2.14. The number of pyridine rings is 1. The van der Waals surface area contributed by atoms with Gasteiger partial charge in [-0.15, -0.1) is 11.8 Å². The van der Waals surface area contributed by atoms with Crippen LogP contribution in [0.5, 0.6) is 0 Å². The third-order valence-corrected chi connectivity index (χ3v) is 4.47. The van der Waals surface area contributed by atoms with Crippen LogP contribution in [0.2, 0.25) is 20.4 Å². The lowest BCUT2D eigenvalue weighted by Gasteiger charge is -2.09. The van der Waals surface area contributed by atoms with Gasteiger partial charge < -0.3 is 5.11 Å². The van der Waals surface area contributed by atoms with Crippen molar-refractivity contribution in [2.24, 2.45) is 0 Å². The topological polar surface area (TPSA) is 33.1 Å². The number of rotatable bonds is 3. The van der Waals surface area contributed by atoms with Crippen LogP contribution in [0.3, 0.4) is 0 Å². The maximum Gasteiger partial charge on any atom is 0.150 e. The number of hydrogen-bond acceptors (Lipinski definition) is 3. The number of thioether (sulfide) groups is 1. The Morgan fingerprint density at radius 3 is 2.07 bits per heavy atom. The molecular weight excluding hydrogens is 300 g/mol. The molecule has 1 atom stereocenters. The van der Waals surface area contributed by atoms with Gasteiger partial charge in [0, 0.05) is 5.75 Å². The average molecular weight is 307 g/mol. The molecule has 2 nitrogen and oxygen atoms in total. The van der Waals surface area contributed by atoms with E-state index in [4.69, 9.17) is 51.5 Å². The fourth-order valence-electron chi connectivity index (χ4n) is 0.799. The molecule has 15 heavy (non-hydrogen) atoms. The van der Waals surface area contributed by atoms with E-state index in [0.29, 0.717) is 10.6 Å². The minimum Gasteiger partial charge on any atom is -0.393 e. The first-order valence-corrected chi connectivity index (χ1v) is 6.44. The van der Waals surface area contributed by atoms with Gasteiger partial charge >= 0.3 is 0 Å². The van der Waals surface area contributed by atoms with Gasteiger partial charge in [0.1, 0.15) is 0 Å². The molecule has 84 valence electrons. The number of hydrogen-bond donors (Lipinski definition) is 1. The van der Waals surface area contributed by atoms with E-state index in [1.165, 1.54) is 11.8 Å². The molecule has 0 spiro atoms. The summed E-state index contributed by atoms with van der Waals surface area (Å²) in [6, 6.07) is 0. The highest BCUT2D eigenvalue weighted by atomic mass is 35.5. The molecule has 0 aromatic carbocycles. The lowest BCUT2D eigenvalue weighted by atomic mass is 10.5. The van der Waals surface area contributed by atoms with Gasteiger partial charge in [-0.25, -0.2) is 4.98 Å². The highest BCUT2D eigenvalue weighted by Crippen LogP contribution is 2.40. The summed E-state index contributed by atoms with van der Waals surface area (Å²) in [5.41, 5.74) is 0. The van der Waals surface area contributed by atoms with Crippen LogP contribution in [0.4, 0.5) is 0 Å². The van der Waals surface area contributed by atoms with E-state index in [2.05, 4.69) is 4.98 Å². The lowest BCUT2D eigenvalue weighted by Crippen LogP contribution is -2.02. The largest absolute Gasteiger partial charge is 0.393 e. The van der Waals surface area contributed by atoms with Crippen molar-refractivity contribution in [2.75, 3.05) is 5.75 Å². The zero-order chi connectivity index (χ0) is 11.6. The second kappa shape index (κ2) is 5.80. The molecular formula is C8H7Cl4NOS. The van der Waals surface area contributed by atoms with E-state index < -0.39 is 6.10 Å². The molecule has 0 amide bonds. The Morgan fingerprint density at radius 1 is 1.20 bits per heavy atom. The number of aromatic nitrogens is 1. The molecule has 0 bridgehead atoms. The van der Waals surface area contributed by atoms with E-state index in [1.807, 2.05) is 0 Å². The van der Waals surface area contributed by atoms with Crippen molar-refractivity contribution in [3.63, 3.8) is 0 Å². The Bertz CT molecular complexity index is 346. The quantitative estimate of drug-likeness (QED) is 0.672. The van der Waals surface area contributed by atoms with Crippen LogP contribution in [0.1, 0.15) is 6.92 Å². The Morgan fingerprint density at radius 2 is 1.67 bits per heavy atom. The molecule has 1 aromatic rings. The smallest absolute Gasteiger partial charge is 0.150 e. The van der Waals surface area contributed by atoms with Gasteiger partial charge in [-0.2, -0.15) is 0 Å². The van der Waals surface area contributed by atoms with E-state index in [-0.39, 0.29) is 20.4 Å². The van der Waals surface area contributed by atoms with Gasteiger partial charge in [0.15, 0.2) is 10.3 Å². The SMILES string of the molecule is CC(O)CSc1c(Cl)c(Cl)nc(Cl)c1Cl. The van der Waals surface area contributed by atoms with Gasteiger partial charge in [-0.3, -0.25) is 0 Å². The second-order valence-electron chi connectivity index (χ2n) is 2.81. The van der Waals surface area contributed by atoms with E-state index in [1.54, 1.807) is 6.92 Å². The molecule has 1 unspecified atom stereocenters. The van der Waals surface area contributed by atoms with Crippen molar-refractivity contribution in [2.45, 2.75) is 17.9 Å². The van der Waals surface area contributed by atoms with Gasteiger partial charge in [-0.05, 0) is 6.92 Å². The Hall–Kier alpha value is 0.620. The van der Waals surface area contributed by atoms with E-state index >= 15 is 0 Å². The third-order valence-electron chi connectivity index (χ3n) is 1.43. The summed E-state index contributed by atoms with van der Waals surface area (Å²) in [5.74, 6) is 0.454. The standard InChI is InChI=1S/C8H7Cl4NOS/c1-3(14)2-15-6-4(9)7(11)13-8(12)5(6)10/h3,14H,2H2,1H3. The summed E-state index contributed by atoms with van der Waals surface area (Å²) in [6.07, 6.45) is -0.465. The minimum absolute atomic E-state index is 0.110. The number of halogens is 4. The van der Waals surface area contributed by atoms with Gasteiger partial charge in [-0.1, -0.05) is 46.4 Å². The van der Waals surface area contributed by atoms with Crippen molar-refractivity contribution < 1.29 is 5.11 Å². The van der Waals surface area contributed by atoms with Gasteiger partial charge in [0.25, 0.3) is 0 Å². The summed E-state index contributed by atoms with van der Waals surface area (Å²) in [4.78, 5) is 4.30. The normalized spacial score (nSPS) is 12.9. The Balaban J connectivity index is 3.04. The molecule has 7 heteroatoms. The summed E-state index contributed by atoms with van der Waals surface area (Å²) < 4.78 is 0. The number of nitrogens with zero attached hydrogens (tertiary/aromatic N) is 1. The molecule has 0 saturated carbocycles. The van der Waals surface area contributed by atoms with Crippen molar-refractivity contribution in [1.82, 2.24) is 4.98 Å². The molecule has 1 aromatic heterocycles. The molecule has 0 fully saturated rings. The fraction of sp³-hybridized carbons (Fsp3) is 0.375. The van der Waals surface area contributed by atoms with Crippen LogP contribution in [-0.2, 0) is 0 Å². The van der Waals surface area contributed by atoms with Crippen LogP contribution in [0, 0.1) is 0 Å². The van der Waals surface area contributed by atoms with Gasteiger partial charge in [0.05, 0.1) is 21.0 Å².